The van der Waals surface area contributed by atoms with Gasteiger partial charge in [-0.05, 0) is 30.7 Å². The Balaban J connectivity index is 0.00000361. The second-order valence-corrected chi connectivity index (χ2v) is 4.73. The molecule has 0 aliphatic heterocycles. The Labute approximate surface area is 129 Å². The maximum Gasteiger partial charge on any atom is 0.148 e. The van der Waals surface area contributed by atoms with Crippen molar-refractivity contribution in [2.75, 3.05) is 13.2 Å². The number of hydrogen-bond acceptors (Lipinski definition) is 2. The fourth-order valence-corrected chi connectivity index (χ4v) is 1.91. The lowest BCUT2D eigenvalue weighted by Gasteiger charge is -2.06. The van der Waals surface area contributed by atoms with Gasteiger partial charge in [0.1, 0.15) is 12.4 Å². The summed E-state index contributed by atoms with van der Waals surface area (Å²) in [6, 6.07) is 8.09. The first-order valence-electron chi connectivity index (χ1n) is 7.22. The van der Waals surface area contributed by atoms with Crippen LogP contribution in [-0.2, 0) is 6.54 Å². The van der Waals surface area contributed by atoms with Crippen molar-refractivity contribution in [1.29, 1.82) is 0 Å². The molecule has 112 valence electrons. The molecular formula is C17H26ClNO. The maximum absolute atomic E-state index is 5.33. The summed E-state index contributed by atoms with van der Waals surface area (Å²) in [6.07, 6.45) is 11.8. The fourth-order valence-electron chi connectivity index (χ4n) is 1.91. The number of hydrogen-bond donors (Lipinski definition) is 1. The van der Waals surface area contributed by atoms with Crippen LogP contribution < -0.4 is 10.1 Å². The highest BCUT2D eigenvalue weighted by molar-refractivity contribution is 5.85. The molecule has 0 amide bonds. The molecule has 0 aliphatic carbocycles. The minimum atomic E-state index is 0. The first-order chi connectivity index (χ1) is 9.36. The van der Waals surface area contributed by atoms with Gasteiger partial charge in [-0.15, -0.1) is 18.8 Å². The van der Waals surface area contributed by atoms with E-state index in [0.29, 0.717) is 6.61 Å². The van der Waals surface area contributed by atoms with E-state index in [1.54, 1.807) is 0 Å². The Bertz CT molecular complexity index is 370. The molecule has 0 atom stereocenters. The summed E-state index contributed by atoms with van der Waals surface area (Å²) in [5, 5.41) is 3.47. The van der Waals surface area contributed by atoms with E-state index >= 15 is 0 Å². The molecule has 3 heteroatoms. The van der Waals surface area contributed by atoms with Crippen molar-refractivity contribution >= 4 is 12.4 Å². The number of halogens is 1. The zero-order valence-corrected chi connectivity index (χ0v) is 13.2. The van der Waals surface area contributed by atoms with Crippen molar-refractivity contribution in [3.05, 3.63) is 29.8 Å². The molecule has 20 heavy (non-hydrogen) atoms. The van der Waals surface area contributed by atoms with E-state index in [2.05, 4.69) is 30.3 Å². The molecule has 0 spiro atoms. The van der Waals surface area contributed by atoms with Crippen LogP contribution in [0.3, 0.4) is 0 Å². The molecule has 1 rings (SSSR count). The Morgan fingerprint density at radius 3 is 2.45 bits per heavy atom. The molecule has 0 bridgehead atoms. The van der Waals surface area contributed by atoms with Gasteiger partial charge in [0, 0.05) is 6.54 Å². The minimum Gasteiger partial charge on any atom is -0.481 e. The molecule has 1 aromatic carbocycles. The summed E-state index contributed by atoms with van der Waals surface area (Å²) in [7, 11) is 0. The highest BCUT2D eigenvalue weighted by Gasteiger charge is 1.95. The Morgan fingerprint density at radius 2 is 1.80 bits per heavy atom. The highest BCUT2D eigenvalue weighted by atomic mass is 35.5. The van der Waals surface area contributed by atoms with Crippen LogP contribution >= 0.6 is 12.4 Å². The number of ether oxygens (including phenoxy) is 1. The van der Waals surface area contributed by atoms with Crippen LogP contribution in [-0.4, -0.2) is 13.2 Å². The molecule has 0 saturated carbocycles. The van der Waals surface area contributed by atoms with Gasteiger partial charge in [0.15, 0.2) is 0 Å². The SMILES string of the molecule is C#CCOc1ccc(CNCCCCCCC)cc1.Cl. The zero-order chi connectivity index (χ0) is 13.8. The summed E-state index contributed by atoms with van der Waals surface area (Å²) < 4.78 is 5.33. The van der Waals surface area contributed by atoms with Crippen LogP contribution in [0.15, 0.2) is 24.3 Å². The average Bonchev–Trinajstić information content (AvgIpc) is 2.45. The molecule has 0 aromatic heterocycles. The average molecular weight is 296 g/mol. The van der Waals surface area contributed by atoms with E-state index in [-0.39, 0.29) is 12.4 Å². The van der Waals surface area contributed by atoms with Gasteiger partial charge in [-0.3, -0.25) is 0 Å². The largest absolute Gasteiger partial charge is 0.481 e. The van der Waals surface area contributed by atoms with Crippen LogP contribution in [0.25, 0.3) is 0 Å². The quantitative estimate of drug-likeness (QED) is 0.516. The van der Waals surface area contributed by atoms with Gasteiger partial charge in [-0.2, -0.15) is 0 Å². The van der Waals surface area contributed by atoms with Gasteiger partial charge in [0.25, 0.3) is 0 Å². The Morgan fingerprint density at radius 1 is 1.10 bits per heavy atom. The topological polar surface area (TPSA) is 21.3 Å². The van der Waals surface area contributed by atoms with Gasteiger partial charge in [-0.1, -0.05) is 50.7 Å². The maximum atomic E-state index is 5.33. The highest BCUT2D eigenvalue weighted by Crippen LogP contribution is 2.11. The van der Waals surface area contributed by atoms with Gasteiger partial charge in [0.05, 0.1) is 0 Å². The van der Waals surface area contributed by atoms with Crippen LogP contribution in [0.1, 0.15) is 44.6 Å². The van der Waals surface area contributed by atoms with Crippen molar-refractivity contribution in [1.82, 2.24) is 5.32 Å². The Kier molecular flexibility index (Phi) is 12.1. The van der Waals surface area contributed by atoms with E-state index in [4.69, 9.17) is 11.2 Å². The fraction of sp³-hybridized carbons (Fsp3) is 0.529. The van der Waals surface area contributed by atoms with Crippen LogP contribution in [0, 0.1) is 12.3 Å². The zero-order valence-electron chi connectivity index (χ0n) is 12.4. The number of rotatable bonds is 10. The van der Waals surface area contributed by atoms with E-state index in [1.807, 2.05) is 12.1 Å². The third kappa shape index (κ3) is 8.85. The van der Waals surface area contributed by atoms with Gasteiger partial charge < -0.3 is 10.1 Å². The molecule has 0 fully saturated rings. The van der Waals surface area contributed by atoms with E-state index in [0.717, 1.165) is 18.8 Å². The van der Waals surface area contributed by atoms with Crippen molar-refractivity contribution in [2.24, 2.45) is 0 Å². The number of unbranched alkanes of at least 4 members (excludes halogenated alkanes) is 4. The van der Waals surface area contributed by atoms with E-state index in [9.17, 15) is 0 Å². The second-order valence-electron chi connectivity index (χ2n) is 4.73. The summed E-state index contributed by atoms with van der Waals surface area (Å²) in [5.41, 5.74) is 1.28. The summed E-state index contributed by atoms with van der Waals surface area (Å²) >= 11 is 0. The second kappa shape index (κ2) is 12.8. The van der Waals surface area contributed by atoms with Crippen molar-refractivity contribution in [3.8, 4) is 18.1 Å². The molecule has 0 unspecified atom stereocenters. The molecule has 0 radical (unpaired) electrons. The lowest BCUT2D eigenvalue weighted by atomic mass is 10.1. The lowest BCUT2D eigenvalue weighted by molar-refractivity contribution is 0.370. The smallest absolute Gasteiger partial charge is 0.148 e. The van der Waals surface area contributed by atoms with Crippen molar-refractivity contribution in [3.63, 3.8) is 0 Å². The summed E-state index contributed by atoms with van der Waals surface area (Å²) in [5.74, 6) is 3.29. The summed E-state index contributed by atoms with van der Waals surface area (Å²) in [6.45, 7) is 4.59. The molecule has 1 N–H and O–H groups in total. The number of benzene rings is 1. The molecule has 0 heterocycles. The van der Waals surface area contributed by atoms with Crippen molar-refractivity contribution in [2.45, 2.75) is 45.6 Å². The van der Waals surface area contributed by atoms with Gasteiger partial charge >= 0.3 is 0 Å². The third-order valence-electron chi connectivity index (χ3n) is 3.03. The van der Waals surface area contributed by atoms with Crippen molar-refractivity contribution < 1.29 is 4.74 Å². The molecular weight excluding hydrogens is 270 g/mol. The van der Waals surface area contributed by atoms with Crippen LogP contribution in [0.5, 0.6) is 5.75 Å². The predicted molar refractivity (Wildman–Crippen MR) is 88.5 cm³/mol. The van der Waals surface area contributed by atoms with Crippen LogP contribution in [0.4, 0.5) is 0 Å². The molecule has 0 aliphatic rings. The van der Waals surface area contributed by atoms with E-state index in [1.165, 1.54) is 37.7 Å². The van der Waals surface area contributed by atoms with Crippen LogP contribution in [0.2, 0.25) is 0 Å². The number of nitrogens with one attached hydrogen (secondary N) is 1. The monoisotopic (exact) mass is 295 g/mol. The molecule has 2 nitrogen and oxygen atoms in total. The summed E-state index contributed by atoms with van der Waals surface area (Å²) in [4.78, 5) is 0. The normalized spacial score (nSPS) is 9.60. The Hall–Kier alpha value is -1.17. The first kappa shape index (κ1) is 18.8. The minimum absolute atomic E-state index is 0. The predicted octanol–water partition coefficient (Wildman–Crippen LogP) is 4.18. The standard InChI is InChI=1S/C17H25NO.ClH/c1-3-5-6-7-8-13-18-15-16-9-11-17(12-10-16)19-14-4-2;/h2,9-12,18H,3,5-8,13-15H2,1H3;1H. The molecule has 1 aromatic rings. The van der Waals surface area contributed by atoms with Gasteiger partial charge in [-0.25, -0.2) is 0 Å². The molecule has 0 saturated heterocycles. The van der Waals surface area contributed by atoms with Gasteiger partial charge in [0.2, 0.25) is 0 Å². The number of terminal acetylenes is 1. The third-order valence-corrected chi connectivity index (χ3v) is 3.03. The first-order valence-corrected chi connectivity index (χ1v) is 7.22. The lowest BCUT2D eigenvalue weighted by Crippen LogP contribution is -2.14. The van der Waals surface area contributed by atoms with E-state index < -0.39 is 0 Å².